The van der Waals surface area contributed by atoms with Gasteiger partial charge in [0.25, 0.3) is 0 Å². The summed E-state index contributed by atoms with van der Waals surface area (Å²) >= 11 is 0. The van der Waals surface area contributed by atoms with Crippen LogP contribution in [0.4, 0.5) is 4.39 Å². The van der Waals surface area contributed by atoms with Crippen molar-refractivity contribution in [3.63, 3.8) is 0 Å². The molecule has 0 atom stereocenters. The summed E-state index contributed by atoms with van der Waals surface area (Å²) in [4.78, 5) is 4.25. The topological polar surface area (TPSA) is 45.7 Å². The number of guanidine groups is 1. The first-order chi connectivity index (χ1) is 11.1. The van der Waals surface area contributed by atoms with Crippen LogP contribution in [0.2, 0.25) is 0 Å². The van der Waals surface area contributed by atoms with Crippen LogP contribution in [0.5, 0.6) is 0 Å². The lowest BCUT2D eigenvalue weighted by atomic mass is 9.67. The van der Waals surface area contributed by atoms with Crippen molar-refractivity contribution in [1.82, 2.24) is 10.6 Å². The van der Waals surface area contributed by atoms with Gasteiger partial charge in [-0.15, -0.1) is 0 Å². The van der Waals surface area contributed by atoms with E-state index >= 15 is 0 Å². The molecule has 0 aliphatic heterocycles. The molecule has 1 fully saturated rings. The van der Waals surface area contributed by atoms with Gasteiger partial charge in [0.1, 0.15) is 5.82 Å². The lowest BCUT2D eigenvalue weighted by Gasteiger charge is -2.42. The van der Waals surface area contributed by atoms with Gasteiger partial charge in [-0.05, 0) is 48.8 Å². The highest BCUT2D eigenvalue weighted by Crippen LogP contribution is 2.43. The number of halogens is 1. The van der Waals surface area contributed by atoms with E-state index < -0.39 is 0 Å². The molecule has 0 spiro atoms. The lowest BCUT2D eigenvalue weighted by molar-refractivity contribution is 0.0732. The summed E-state index contributed by atoms with van der Waals surface area (Å²) < 4.78 is 18.8. The van der Waals surface area contributed by atoms with Crippen LogP contribution in [0.15, 0.2) is 23.2 Å². The average molecular weight is 321 g/mol. The molecule has 2 N–H and O–H groups in total. The maximum atomic E-state index is 13.6. The molecule has 1 aromatic rings. The van der Waals surface area contributed by atoms with Crippen molar-refractivity contribution in [3.05, 3.63) is 35.1 Å². The lowest BCUT2D eigenvalue weighted by Crippen LogP contribution is -2.46. The Morgan fingerprint density at radius 1 is 1.35 bits per heavy atom. The molecule has 0 unspecified atom stereocenters. The molecule has 4 nitrogen and oxygen atoms in total. The van der Waals surface area contributed by atoms with E-state index in [9.17, 15) is 4.39 Å². The Kier molecular flexibility index (Phi) is 6.39. The third-order valence-electron chi connectivity index (χ3n) is 4.80. The Labute approximate surface area is 138 Å². The van der Waals surface area contributed by atoms with E-state index in [0.29, 0.717) is 17.5 Å². The highest BCUT2D eigenvalue weighted by Gasteiger charge is 2.36. The number of methoxy groups -OCH3 is 1. The highest BCUT2D eigenvalue weighted by atomic mass is 19.1. The maximum absolute atomic E-state index is 13.6. The molecule has 0 bridgehead atoms. The molecule has 5 heteroatoms. The van der Waals surface area contributed by atoms with Gasteiger partial charge in [-0.1, -0.05) is 18.6 Å². The minimum atomic E-state index is -0.166. The average Bonchev–Trinajstić information content (AvgIpc) is 2.52. The largest absolute Gasteiger partial charge is 0.385 e. The first kappa shape index (κ1) is 17.7. The van der Waals surface area contributed by atoms with Crippen molar-refractivity contribution < 1.29 is 9.13 Å². The second-order valence-electron chi connectivity index (χ2n) is 6.46. The van der Waals surface area contributed by atoms with Crippen LogP contribution < -0.4 is 10.6 Å². The van der Waals surface area contributed by atoms with Crippen LogP contribution in [0.3, 0.4) is 0 Å². The number of rotatable bonds is 7. The second kappa shape index (κ2) is 8.29. The number of hydrogen-bond donors (Lipinski definition) is 2. The van der Waals surface area contributed by atoms with E-state index in [1.165, 1.54) is 19.3 Å². The minimum Gasteiger partial charge on any atom is -0.385 e. The number of nitrogens with zero attached hydrogens (tertiary/aromatic N) is 1. The Bertz CT molecular complexity index is 541. The molecule has 1 saturated carbocycles. The van der Waals surface area contributed by atoms with Gasteiger partial charge in [-0.3, -0.25) is 4.99 Å². The number of benzene rings is 1. The van der Waals surface area contributed by atoms with Crippen molar-refractivity contribution in [2.24, 2.45) is 10.4 Å². The monoisotopic (exact) mass is 321 g/mol. The van der Waals surface area contributed by atoms with Gasteiger partial charge in [-0.2, -0.15) is 0 Å². The molecule has 0 saturated heterocycles. The Morgan fingerprint density at radius 2 is 2.13 bits per heavy atom. The zero-order valence-corrected chi connectivity index (χ0v) is 14.4. The number of hydrogen-bond acceptors (Lipinski definition) is 2. The van der Waals surface area contributed by atoms with Gasteiger partial charge in [0.15, 0.2) is 5.96 Å². The summed E-state index contributed by atoms with van der Waals surface area (Å²) in [5.74, 6) is 0.593. The van der Waals surface area contributed by atoms with Crippen LogP contribution in [0, 0.1) is 18.2 Å². The molecule has 0 aromatic heterocycles. The molecular weight excluding hydrogens is 293 g/mol. The van der Waals surface area contributed by atoms with Crippen LogP contribution in [-0.2, 0) is 11.3 Å². The third-order valence-corrected chi connectivity index (χ3v) is 4.80. The molecule has 0 radical (unpaired) electrons. The van der Waals surface area contributed by atoms with Gasteiger partial charge < -0.3 is 15.4 Å². The fourth-order valence-corrected chi connectivity index (χ4v) is 2.93. The van der Waals surface area contributed by atoms with Crippen molar-refractivity contribution in [2.75, 3.05) is 27.3 Å². The fraction of sp³-hybridized carbons (Fsp3) is 0.611. The first-order valence-corrected chi connectivity index (χ1v) is 8.27. The van der Waals surface area contributed by atoms with E-state index in [1.807, 2.05) is 6.07 Å². The quantitative estimate of drug-likeness (QED) is 0.599. The standard InChI is InChI=1S/C18H28FN3O/c1-14-5-6-15(11-16(14)19)12-21-17(20-2)22-13-18(7-4-8-18)9-10-23-3/h5-6,11H,4,7-10,12-13H2,1-3H3,(H2,20,21,22). The Hall–Kier alpha value is -1.62. The Balaban J connectivity index is 1.82. The summed E-state index contributed by atoms with van der Waals surface area (Å²) in [6, 6.07) is 5.31. The first-order valence-electron chi connectivity index (χ1n) is 8.27. The number of aryl methyl sites for hydroxylation is 1. The minimum absolute atomic E-state index is 0.166. The normalized spacial score (nSPS) is 16.8. The smallest absolute Gasteiger partial charge is 0.191 e. The summed E-state index contributed by atoms with van der Waals surface area (Å²) in [6.45, 7) is 4.03. The maximum Gasteiger partial charge on any atom is 0.191 e. The van der Waals surface area contributed by atoms with E-state index in [4.69, 9.17) is 4.74 Å². The van der Waals surface area contributed by atoms with E-state index in [-0.39, 0.29) is 5.82 Å². The summed E-state index contributed by atoms with van der Waals surface area (Å²) in [6.07, 6.45) is 4.85. The molecule has 0 amide bonds. The van der Waals surface area contributed by atoms with Gasteiger partial charge in [0.05, 0.1) is 0 Å². The predicted molar refractivity (Wildman–Crippen MR) is 92.1 cm³/mol. The highest BCUT2D eigenvalue weighted by molar-refractivity contribution is 5.79. The van der Waals surface area contributed by atoms with E-state index in [1.54, 1.807) is 33.2 Å². The molecule has 23 heavy (non-hydrogen) atoms. The van der Waals surface area contributed by atoms with Gasteiger partial charge in [-0.25, -0.2) is 4.39 Å². The van der Waals surface area contributed by atoms with Crippen LogP contribution >= 0.6 is 0 Å². The SMILES string of the molecule is CN=C(NCc1ccc(C)c(F)c1)NCC1(CCOC)CCC1. The van der Waals surface area contributed by atoms with Gasteiger partial charge in [0.2, 0.25) is 0 Å². The fourth-order valence-electron chi connectivity index (χ4n) is 2.93. The van der Waals surface area contributed by atoms with Crippen molar-refractivity contribution in [3.8, 4) is 0 Å². The molecule has 1 aliphatic carbocycles. The number of ether oxygens (including phenoxy) is 1. The summed E-state index contributed by atoms with van der Waals surface area (Å²) in [5.41, 5.74) is 1.92. The van der Waals surface area contributed by atoms with E-state index in [0.717, 1.165) is 31.1 Å². The van der Waals surface area contributed by atoms with Gasteiger partial charge in [0, 0.05) is 33.9 Å². The third kappa shape index (κ3) is 4.93. The van der Waals surface area contributed by atoms with Crippen LogP contribution in [0.25, 0.3) is 0 Å². The summed E-state index contributed by atoms with van der Waals surface area (Å²) in [7, 11) is 3.51. The number of nitrogens with one attached hydrogen (secondary N) is 2. The molecule has 1 aromatic carbocycles. The second-order valence-corrected chi connectivity index (χ2v) is 6.46. The predicted octanol–water partition coefficient (Wildman–Crippen LogP) is 3.01. The molecule has 128 valence electrons. The van der Waals surface area contributed by atoms with Crippen molar-refractivity contribution >= 4 is 5.96 Å². The summed E-state index contributed by atoms with van der Waals surface area (Å²) in [5, 5.41) is 6.66. The van der Waals surface area contributed by atoms with E-state index in [2.05, 4.69) is 15.6 Å². The van der Waals surface area contributed by atoms with Crippen molar-refractivity contribution in [2.45, 2.75) is 39.2 Å². The van der Waals surface area contributed by atoms with Crippen LogP contribution in [-0.4, -0.2) is 33.3 Å². The van der Waals surface area contributed by atoms with Gasteiger partial charge >= 0.3 is 0 Å². The van der Waals surface area contributed by atoms with Crippen LogP contribution in [0.1, 0.15) is 36.8 Å². The van der Waals surface area contributed by atoms with Crippen molar-refractivity contribution in [1.29, 1.82) is 0 Å². The Morgan fingerprint density at radius 3 is 2.70 bits per heavy atom. The molecule has 0 heterocycles. The molecule has 2 rings (SSSR count). The zero-order valence-electron chi connectivity index (χ0n) is 14.4. The number of aliphatic imine (C=N–C) groups is 1. The zero-order chi connectivity index (χ0) is 16.7. The molecular formula is C18H28FN3O. The molecule has 1 aliphatic rings.